The number of hydrogen-bond donors (Lipinski definition) is 1. The third-order valence-corrected chi connectivity index (χ3v) is 4.46. The first-order chi connectivity index (χ1) is 9.09. The van der Waals surface area contributed by atoms with Gasteiger partial charge in [-0.2, -0.15) is 0 Å². The minimum absolute atomic E-state index is 0.125. The maximum atomic E-state index is 5.57. The molecule has 0 saturated carbocycles. The molecule has 0 radical (unpaired) electrons. The van der Waals surface area contributed by atoms with Crippen molar-refractivity contribution in [2.75, 3.05) is 27.3 Å². The second-order valence-electron chi connectivity index (χ2n) is 5.81. The molecule has 0 aromatic heterocycles. The topological polar surface area (TPSA) is 30.5 Å². The lowest BCUT2D eigenvalue weighted by Gasteiger charge is -2.38. The molecule has 1 aliphatic rings. The molecule has 0 unspecified atom stereocenters. The third kappa shape index (κ3) is 2.86. The van der Waals surface area contributed by atoms with E-state index in [1.165, 1.54) is 18.4 Å². The molecule has 1 aromatic carbocycles. The van der Waals surface area contributed by atoms with E-state index in [1.807, 2.05) is 12.1 Å². The Morgan fingerprint density at radius 1 is 1.11 bits per heavy atom. The molecule has 1 aliphatic heterocycles. The molecule has 106 valence electrons. The molecule has 1 heterocycles. The highest BCUT2D eigenvalue weighted by Crippen LogP contribution is 2.42. The van der Waals surface area contributed by atoms with Crippen LogP contribution in [0.4, 0.5) is 0 Å². The van der Waals surface area contributed by atoms with Crippen molar-refractivity contribution in [3.63, 3.8) is 0 Å². The molecule has 0 amide bonds. The molecule has 19 heavy (non-hydrogen) atoms. The van der Waals surface area contributed by atoms with Gasteiger partial charge in [0.25, 0.3) is 0 Å². The Balaban J connectivity index is 2.32. The van der Waals surface area contributed by atoms with Crippen LogP contribution in [0.1, 0.15) is 32.3 Å². The van der Waals surface area contributed by atoms with Crippen LogP contribution in [0, 0.1) is 5.92 Å². The molecule has 1 saturated heterocycles. The second-order valence-corrected chi connectivity index (χ2v) is 5.81. The molecule has 3 heteroatoms. The number of rotatable bonds is 4. The van der Waals surface area contributed by atoms with Crippen LogP contribution >= 0.6 is 0 Å². The fourth-order valence-corrected chi connectivity index (χ4v) is 3.09. The first-order valence-electron chi connectivity index (χ1n) is 7.03. The zero-order chi connectivity index (χ0) is 13.9. The molecule has 0 atom stereocenters. The molecule has 0 bridgehead atoms. The summed E-state index contributed by atoms with van der Waals surface area (Å²) in [5.41, 5.74) is 1.40. The summed E-state index contributed by atoms with van der Waals surface area (Å²) in [4.78, 5) is 0. The van der Waals surface area contributed by atoms with Crippen LogP contribution in [-0.2, 0) is 5.41 Å². The van der Waals surface area contributed by atoms with E-state index in [2.05, 4.69) is 25.2 Å². The van der Waals surface area contributed by atoms with Crippen LogP contribution in [0.25, 0.3) is 0 Å². The van der Waals surface area contributed by atoms with Gasteiger partial charge in [0, 0.05) is 11.6 Å². The summed E-state index contributed by atoms with van der Waals surface area (Å²) in [5.74, 6) is 2.47. The number of piperidine rings is 1. The van der Waals surface area contributed by atoms with Crippen LogP contribution in [0.5, 0.6) is 11.5 Å². The zero-order valence-corrected chi connectivity index (χ0v) is 12.5. The highest BCUT2D eigenvalue weighted by Gasteiger charge is 2.34. The monoisotopic (exact) mass is 263 g/mol. The van der Waals surface area contributed by atoms with Crippen molar-refractivity contribution in [1.82, 2.24) is 5.32 Å². The molecule has 1 aromatic rings. The number of ether oxygens (including phenoxy) is 2. The molecule has 1 N–H and O–H groups in total. The van der Waals surface area contributed by atoms with Crippen molar-refractivity contribution in [3.8, 4) is 11.5 Å². The van der Waals surface area contributed by atoms with Gasteiger partial charge in [0.05, 0.1) is 14.2 Å². The van der Waals surface area contributed by atoms with E-state index in [9.17, 15) is 0 Å². The maximum Gasteiger partial charge on any atom is 0.126 e. The van der Waals surface area contributed by atoms with Gasteiger partial charge in [-0.15, -0.1) is 0 Å². The average molecular weight is 263 g/mol. The summed E-state index contributed by atoms with van der Waals surface area (Å²) in [7, 11) is 3.42. The molecule has 1 fully saturated rings. The Hall–Kier alpha value is -1.22. The van der Waals surface area contributed by atoms with Gasteiger partial charge in [-0.3, -0.25) is 0 Å². The molecule has 0 spiro atoms. The normalized spacial score (nSPS) is 17.3. The third-order valence-electron chi connectivity index (χ3n) is 4.46. The molecule has 0 aliphatic carbocycles. The SMILES string of the molecule is COc1ccc(C(C)(C)C2CCNCC2)c(OC)c1. The Morgan fingerprint density at radius 2 is 1.79 bits per heavy atom. The van der Waals surface area contributed by atoms with Gasteiger partial charge in [0.15, 0.2) is 0 Å². The second kappa shape index (κ2) is 5.83. The number of nitrogens with one attached hydrogen (secondary N) is 1. The van der Waals surface area contributed by atoms with Crippen molar-refractivity contribution in [2.45, 2.75) is 32.1 Å². The van der Waals surface area contributed by atoms with E-state index in [0.717, 1.165) is 24.6 Å². The Labute approximate surface area is 116 Å². The lowest BCUT2D eigenvalue weighted by atomic mass is 9.69. The molecular weight excluding hydrogens is 238 g/mol. The quantitative estimate of drug-likeness (QED) is 0.906. The highest BCUT2D eigenvalue weighted by atomic mass is 16.5. The lowest BCUT2D eigenvalue weighted by Crippen LogP contribution is -2.38. The van der Waals surface area contributed by atoms with E-state index >= 15 is 0 Å². The average Bonchev–Trinajstić information content (AvgIpc) is 2.47. The van der Waals surface area contributed by atoms with Crippen molar-refractivity contribution >= 4 is 0 Å². The van der Waals surface area contributed by atoms with E-state index in [1.54, 1.807) is 14.2 Å². The minimum atomic E-state index is 0.125. The van der Waals surface area contributed by atoms with Gasteiger partial charge >= 0.3 is 0 Å². The van der Waals surface area contributed by atoms with E-state index in [4.69, 9.17) is 9.47 Å². The smallest absolute Gasteiger partial charge is 0.126 e. The number of benzene rings is 1. The molecular formula is C16H25NO2. The standard InChI is InChI=1S/C16H25NO2/c1-16(2,12-7-9-17-10-8-12)14-6-5-13(18-3)11-15(14)19-4/h5-6,11-12,17H,7-10H2,1-4H3. The fourth-order valence-electron chi connectivity index (χ4n) is 3.09. The summed E-state index contributed by atoms with van der Waals surface area (Å²) in [5, 5.41) is 3.43. The Morgan fingerprint density at radius 3 is 2.37 bits per heavy atom. The first kappa shape index (κ1) is 14.2. The molecule has 2 rings (SSSR count). The van der Waals surface area contributed by atoms with E-state index in [0.29, 0.717) is 5.92 Å². The Bertz CT molecular complexity index is 423. The van der Waals surface area contributed by atoms with Crippen LogP contribution in [0.3, 0.4) is 0 Å². The summed E-state index contributed by atoms with van der Waals surface area (Å²) in [6.45, 7) is 6.89. The van der Waals surface area contributed by atoms with Gasteiger partial charge in [-0.1, -0.05) is 19.9 Å². The van der Waals surface area contributed by atoms with Gasteiger partial charge in [0.1, 0.15) is 11.5 Å². The summed E-state index contributed by atoms with van der Waals surface area (Å²) >= 11 is 0. The predicted octanol–water partition coefficient (Wildman–Crippen LogP) is 2.98. The highest BCUT2D eigenvalue weighted by molar-refractivity contribution is 5.45. The van der Waals surface area contributed by atoms with Gasteiger partial charge in [0.2, 0.25) is 0 Å². The number of hydrogen-bond acceptors (Lipinski definition) is 3. The predicted molar refractivity (Wildman–Crippen MR) is 78.2 cm³/mol. The minimum Gasteiger partial charge on any atom is -0.497 e. The fraction of sp³-hybridized carbons (Fsp3) is 0.625. The van der Waals surface area contributed by atoms with Gasteiger partial charge in [-0.05, 0) is 43.3 Å². The van der Waals surface area contributed by atoms with Crippen molar-refractivity contribution in [2.24, 2.45) is 5.92 Å². The summed E-state index contributed by atoms with van der Waals surface area (Å²) in [6.07, 6.45) is 2.45. The summed E-state index contributed by atoms with van der Waals surface area (Å²) in [6, 6.07) is 6.17. The van der Waals surface area contributed by atoms with Crippen LogP contribution in [0.2, 0.25) is 0 Å². The van der Waals surface area contributed by atoms with E-state index < -0.39 is 0 Å². The number of methoxy groups -OCH3 is 2. The zero-order valence-electron chi connectivity index (χ0n) is 12.5. The van der Waals surface area contributed by atoms with Gasteiger partial charge < -0.3 is 14.8 Å². The van der Waals surface area contributed by atoms with Crippen LogP contribution in [-0.4, -0.2) is 27.3 Å². The van der Waals surface area contributed by atoms with Crippen molar-refractivity contribution in [3.05, 3.63) is 23.8 Å². The van der Waals surface area contributed by atoms with E-state index in [-0.39, 0.29) is 5.41 Å². The van der Waals surface area contributed by atoms with Crippen LogP contribution < -0.4 is 14.8 Å². The van der Waals surface area contributed by atoms with Crippen molar-refractivity contribution < 1.29 is 9.47 Å². The van der Waals surface area contributed by atoms with Crippen molar-refractivity contribution in [1.29, 1.82) is 0 Å². The Kier molecular flexibility index (Phi) is 4.35. The lowest BCUT2D eigenvalue weighted by molar-refractivity contribution is 0.240. The maximum absolute atomic E-state index is 5.57. The largest absolute Gasteiger partial charge is 0.497 e. The molecule has 3 nitrogen and oxygen atoms in total. The summed E-state index contributed by atoms with van der Waals surface area (Å²) < 4.78 is 10.8. The van der Waals surface area contributed by atoms with Crippen LogP contribution in [0.15, 0.2) is 18.2 Å². The van der Waals surface area contributed by atoms with Gasteiger partial charge in [-0.25, -0.2) is 0 Å². The first-order valence-corrected chi connectivity index (χ1v) is 7.03.